The van der Waals surface area contributed by atoms with E-state index in [9.17, 15) is 5.11 Å². The number of fused-ring (bicyclic) bond motifs is 1. The number of rotatable bonds is 4. The second-order valence-corrected chi connectivity index (χ2v) is 6.57. The first kappa shape index (κ1) is 15.1. The molecule has 7 heteroatoms. The van der Waals surface area contributed by atoms with Crippen LogP contribution in [-0.2, 0) is 0 Å². The fraction of sp³-hybridized carbons (Fsp3) is 0.471. The van der Waals surface area contributed by atoms with Gasteiger partial charge in [0, 0.05) is 17.8 Å². The monoisotopic (exact) mass is 326 g/mol. The largest absolute Gasteiger partial charge is 0.393 e. The van der Waals surface area contributed by atoms with Gasteiger partial charge >= 0.3 is 0 Å². The Balaban J connectivity index is 1.73. The topological polar surface area (TPSA) is 106 Å². The maximum absolute atomic E-state index is 9.85. The summed E-state index contributed by atoms with van der Waals surface area (Å²) in [5, 5.41) is 15.3. The summed E-state index contributed by atoms with van der Waals surface area (Å²) in [6.45, 7) is 2.15. The first-order chi connectivity index (χ1) is 11.7. The molecule has 0 radical (unpaired) electrons. The molecule has 24 heavy (non-hydrogen) atoms. The number of aliphatic hydroxyl groups is 1. The maximum Gasteiger partial charge on any atom is 0.154 e. The Labute approximate surface area is 139 Å². The van der Waals surface area contributed by atoms with Gasteiger partial charge in [0.15, 0.2) is 5.82 Å². The Kier molecular flexibility index (Phi) is 3.72. The molecule has 1 aliphatic carbocycles. The molecule has 0 amide bonds. The molecule has 3 unspecified atom stereocenters. The summed E-state index contributed by atoms with van der Waals surface area (Å²) in [6.07, 6.45) is 8.89. The van der Waals surface area contributed by atoms with Gasteiger partial charge in [0.1, 0.15) is 12.0 Å². The van der Waals surface area contributed by atoms with Gasteiger partial charge < -0.3 is 15.8 Å². The van der Waals surface area contributed by atoms with Crippen molar-refractivity contribution in [3.05, 3.63) is 24.8 Å². The number of nitrogens with one attached hydrogen (secondary N) is 1. The molecule has 7 nitrogen and oxygen atoms in total. The molecule has 4 rings (SSSR count). The summed E-state index contributed by atoms with van der Waals surface area (Å²) in [6, 6.07) is 2.20. The zero-order valence-corrected chi connectivity index (χ0v) is 13.7. The quantitative estimate of drug-likeness (QED) is 0.683. The van der Waals surface area contributed by atoms with Crippen LogP contribution < -0.4 is 5.73 Å². The number of aliphatic hydroxyl groups excluding tert-OH is 1. The van der Waals surface area contributed by atoms with E-state index in [4.69, 9.17) is 5.73 Å². The van der Waals surface area contributed by atoms with E-state index in [1.165, 1.54) is 6.33 Å². The summed E-state index contributed by atoms with van der Waals surface area (Å²) in [4.78, 5) is 11.7. The van der Waals surface area contributed by atoms with E-state index in [0.29, 0.717) is 11.7 Å². The number of H-pyrrole nitrogens is 1. The number of nitrogens with two attached hydrogens (primary N) is 1. The number of anilines is 1. The molecule has 0 saturated heterocycles. The van der Waals surface area contributed by atoms with Gasteiger partial charge in [-0.1, -0.05) is 6.92 Å². The highest BCUT2D eigenvalue weighted by molar-refractivity contribution is 5.92. The normalized spacial score (nSPS) is 22.2. The molecule has 1 fully saturated rings. The maximum atomic E-state index is 9.85. The zero-order valence-electron chi connectivity index (χ0n) is 13.7. The minimum absolute atomic E-state index is 0.183. The summed E-state index contributed by atoms with van der Waals surface area (Å²) in [7, 11) is 0. The second kappa shape index (κ2) is 5.90. The first-order valence-electron chi connectivity index (χ1n) is 8.48. The lowest BCUT2D eigenvalue weighted by atomic mass is 9.96. The number of aromatic nitrogens is 5. The highest BCUT2D eigenvalue weighted by Crippen LogP contribution is 2.38. The fourth-order valence-electron chi connectivity index (χ4n) is 3.92. The van der Waals surface area contributed by atoms with E-state index in [1.54, 1.807) is 0 Å². The zero-order chi connectivity index (χ0) is 16.7. The van der Waals surface area contributed by atoms with Crippen molar-refractivity contribution >= 4 is 16.9 Å². The van der Waals surface area contributed by atoms with Crippen LogP contribution in [-0.4, -0.2) is 35.9 Å². The Morgan fingerprint density at radius 3 is 3.04 bits per heavy atom. The minimum atomic E-state index is -0.183. The SMILES string of the molecule is CCC(C1CCC(O)C1)n1cc(-c2ncnc3[nH]ccc23)c(N)n1. The molecule has 126 valence electrons. The van der Waals surface area contributed by atoms with Crippen LogP contribution in [0.1, 0.15) is 38.6 Å². The lowest BCUT2D eigenvalue weighted by Crippen LogP contribution is -2.18. The van der Waals surface area contributed by atoms with Gasteiger partial charge in [0.2, 0.25) is 0 Å². The molecule has 3 atom stereocenters. The van der Waals surface area contributed by atoms with Gasteiger partial charge in [-0.25, -0.2) is 9.97 Å². The fourth-order valence-corrected chi connectivity index (χ4v) is 3.92. The Morgan fingerprint density at radius 1 is 1.42 bits per heavy atom. The highest BCUT2D eigenvalue weighted by atomic mass is 16.3. The van der Waals surface area contributed by atoms with Crippen LogP contribution in [0.2, 0.25) is 0 Å². The molecule has 0 bridgehead atoms. The molecule has 3 heterocycles. The Hall–Kier alpha value is -2.41. The van der Waals surface area contributed by atoms with E-state index in [-0.39, 0.29) is 12.1 Å². The van der Waals surface area contributed by atoms with Crippen molar-refractivity contribution in [2.75, 3.05) is 5.73 Å². The molecule has 3 aromatic heterocycles. The molecule has 4 N–H and O–H groups in total. The van der Waals surface area contributed by atoms with Crippen LogP contribution in [0.25, 0.3) is 22.3 Å². The average molecular weight is 326 g/mol. The first-order valence-corrected chi connectivity index (χ1v) is 8.48. The molecule has 1 saturated carbocycles. The van der Waals surface area contributed by atoms with Crippen LogP contribution in [0.5, 0.6) is 0 Å². The van der Waals surface area contributed by atoms with Gasteiger partial charge in [-0.2, -0.15) is 5.10 Å². The molecule has 0 aliphatic heterocycles. The highest BCUT2D eigenvalue weighted by Gasteiger charge is 2.31. The smallest absolute Gasteiger partial charge is 0.154 e. The summed E-state index contributed by atoms with van der Waals surface area (Å²) >= 11 is 0. The molecule has 3 aromatic rings. The lowest BCUT2D eigenvalue weighted by molar-refractivity contribution is 0.169. The summed E-state index contributed by atoms with van der Waals surface area (Å²) < 4.78 is 1.97. The van der Waals surface area contributed by atoms with Gasteiger partial charge in [-0.05, 0) is 37.7 Å². The van der Waals surface area contributed by atoms with Crippen molar-refractivity contribution in [3.8, 4) is 11.3 Å². The average Bonchev–Trinajstić information content (AvgIpc) is 3.28. The minimum Gasteiger partial charge on any atom is -0.393 e. The third-order valence-corrected chi connectivity index (χ3v) is 5.12. The summed E-state index contributed by atoms with van der Waals surface area (Å²) in [5.41, 5.74) is 8.62. The summed E-state index contributed by atoms with van der Waals surface area (Å²) in [5.74, 6) is 0.919. The van der Waals surface area contributed by atoms with Gasteiger partial charge in [-0.3, -0.25) is 4.68 Å². The van der Waals surface area contributed by atoms with Crippen molar-refractivity contribution in [3.63, 3.8) is 0 Å². The number of hydrogen-bond acceptors (Lipinski definition) is 5. The standard InChI is InChI=1S/C17H22N6O/c1-2-14(10-3-4-11(24)7-10)23-8-13(16(18)22-23)15-12-5-6-19-17(12)21-9-20-15/h5-6,8-11,14,24H,2-4,7H2,1H3,(H2,18,22)(H,19,20,21). The van der Waals surface area contributed by atoms with Crippen molar-refractivity contribution in [1.82, 2.24) is 24.7 Å². The van der Waals surface area contributed by atoms with E-state index >= 15 is 0 Å². The lowest BCUT2D eigenvalue weighted by Gasteiger charge is -2.22. The molecular weight excluding hydrogens is 304 g/mol. The van der Waals surface area contributed by atoms with Crippen molar-refractivity contribution in [2.45, 2.75) is 44.8 Å². The van der Waals surface area contributed by atoms with Crippen LogP contribution in [0.3, 0.4) is 0 Å². The van der Waals surface area contributed by atoms with Gasteiger partial charge in [0.05, 0.1) is 23.4 Å². The number of aromatic amines is 1. The van der Waals surface area contributed by atoms with Gasteiger partial charge in [-0.15, -0.1) is 0 Å². The van der Waals surface area contributed by atoms with Crippen LogP contribution >= 0.6 is 0 Å². The third kappa shape index (κ3) is 2.45. The predicted octanol–water partition coefficient (Wildman–Crippen LogP) is 2.52. The Morgan fingerprint density at radius 2 is 2.29 bits per heavy atom. The molecular formula is C17H22N6O. The van der Waals surface area contributed by atoms with Crippen LogP contribution in [0.4, 0.5) is 5.82 Å². The number of hydrogen-bond donors (Lipinski definition) is 3. The van der Waals surface area contributed by atoms with E-state index < -0.39 is 0 Å². The third-order valence-electron chi connectivity index (χ3n) is 5.12. The second-order valence-electron chi connectivity index (χ2n) is 6.57. The number of nitrogen functional groups attached to an aromatic ring is 1. The van der Waals surface area contributed by atoms with E-state index in [2.05, 4.69) is 27.0 Å². The Bertz CT molecular complexity index is 854. The van der Waals surface area contributed by atoms with E-state index in [1.807, 2.05) is 23.1 Å². The van der Waals surface area contributed by atoms with Crippen LogP contribution in [0.15, 0.2) is 24.8 Å². The van der Waals surface area contributed by atoms with Crippen molar-refractivity contribution in [1.29, 1.82) is 0 Å². The van der Waals surface area contributed by atoms with Crippen LogP contribution in [0, 0.1) is 5.92 Å². The predicted molar refractivity (Wildman–Crippen MR) is 92.2 cm³/mol. The molecule has 0 aromatic carbocycles. The number of nitrogens with zero attached hydrogens (tertiary/aromatic N) is 4. The van der Waals surface area contributed by atoms with Crippen molar-refractivity contribution < 1.29 is 5.11 Å². The van der Waals surface area contributed by atoms with Crippen molar-refractivity contribution in [2.24, 2.45) is 5.92 Å². The van der Waals surface area contributed by atoms with E-state index in [0.717, 1.165) is 48.0 Å². The molecule has 0 spiro atoms. The molecule has 1 aliphatic rings. The van der Waals surface area contributed by atoms with Gasteiger partial charge in [0.25, 0.3) is 0 Å².